The molecule has 0 bridgehead atoms. The normalized spacial score (nSPS) is 11.3. The average Bonchev–Trinajstić information content (AvgIpc) is 3.13. The van der Waals surface area contributed by atoms with Crippen LogP contribution >= 0.6 is 0 Å². The first-order chi connectivity index (χ1) is 14.7. The molecule has 0 radical (unpaired) electrons. The molecule has 0 aliphatic carbocycles. The lowest BCUT2D eigenvalue weighted by Gasteiger charge is -2.12. The van der Waals surface area contributed by atoms with Gasteiger partial charge in [0.2, 0.25) is 5.91 Å². The highest BCUT2D eigenvalue weighted by molar-refractivity contribution is 5.78. The number of benzene rings is 2. The number of hydrogen-bond acceptors (Lipinski definition) is 2. The van der Waals surface area contributed by atoms with Crippen molar-refractivity contribution in [1.82, 2.24) is 14.9 Å². The van der Waals surface area contributed by atoms with Gasteiger partial charge in [0.1, 0.15) is 5.82 Å². The van der Waals surface area contributed by atoms with Gasteiger partial charge in [-0.3, -0.25) is 4.79 Å². The van der Waals surface area contributed by atoms with Crippen molar-refractivity contribution in [2.24, 2.45) is 5.92 Å². The van der Waals surface area contributed by atoms with E-state index < -0.39 is 0 Å². The molecule has 4 nitrogen and oxygen atoms in total. The van der Waals surface area contributed by atoms with E-state index in [1.165, 1.54) is 16.9 Å². The minimum Gasteiger partial charge on any atom is -0.356 e. The standard InChI is InChI=1S/C26H35N3O/c1-3-22(4-2)26(30)27-19-12-6-9-17-25-28-23-15-10-11-16-24(23)29(25)20-18-21-13-7-5-8-14-21/h5,7-8,10-11,13-16,22H,3-4,6,9,12,17-20H2,1-2H3,(H,27,30). The van der Waals surface area contributed by atoms with E-state index in [4.69, 9.17) is 4.98 Å². The maximum Gasteiger partial charge on any atom is 0.223 e. The number of amides is 1. The van der Waals surface area contributed by atoms with Gasteiger partial charge in [0.25, 0.3) is 0 Å². The van der Waals surface area contributed by atoms with Crippen LogP contribution < -0.4 is 5.32 Å². The van der Waals surface area contributed by atoms with E-state index in [0.717, 1.165) is 63.6 Å². The zero-order chi connectivity index (χ0) is 21.2. The van der Waals surface area contributed by atoms with E-state index in [-0.39, 0.29) is 11.8 Å². The molecule has 0 spiro atoms. The van der Waals surface area contributed by atoms with Gasteiger partial charge >= 0.3 is 0 Å². The number of aromatic nitrogens is 2. The Morgan fingerprint density at radius 3 is 2.43 bits per heavy atom. The van der Waals surface area contributed by atoms with Crippen LogP contribution in [0.15, 0.2) is 54.6 Å². The van der Waals surface area contributed by atoms with Gasteiger partial charge in [0, 0.05) is 25.4 Å². The van der Waals surface area contributed by atoms with Crippen molar-refractivity contribution >= 4 is 16.9 Å². The fourth-order valence-corrected chi connectivity index (χ4v) is 4.05. The van der Waals surface area contributed by atoms with Gasteiger partial charge in [-0.05, 0) is 49.8 Å². The molecule has 0 unspecified atom stereocenters. The second kappa shape index (κ2) is 11.5. The summed E-state index contributed by atoms with van der Waals surface area (Å²) in [5, 5.41) is 3.09. The smallest absolute Gasteiger partial charge is 0.223 e. The van der Waals surface area contributed by atoms with E-state index in [9.17, 15) is 4.79 Å². The van der Waals surface area contributed by atoms with E-state index in [1.807, 2.05) is 0 Å². The third kappa shape index (κ3) is 5.94. The monoisotopic (exact) mass is 405 g/mol. The number of para-hydroxylation sites is 2. The summed E-state index contributed by atoms with van der Waals surface area (Å²) >= 11 is 0. The fraction of sp³-hybridized carbons (Fsp3) is 0.462. The number of fused-ring (bicyclic) bond motifs is 1. The van der Waals surface area contributed by atoms with Crippen LogP contribution in [0.3, 0.4) is 0 Å². The average molecular weight is 406 g/mol. The summed E-state index contributed by atoms with van der Waals surface area (Å²) in [6, 6.07) is 19.1. The van der Waals surface area contributed by atoms with E-state index in [0.29, 0.717) is 0 Å². The molecular formula is C26H35N3O. The molecule has 1 N–H and O–H groups in total. The van der Waals surface area contributed by atoms with Crippen LogP contribution in [0.4, 0.5) is 0 Å². The minimum atomic E-state index is 0.162. The quantitative estimate of drug-likeness (QED) is 0.402. The highest BCUT2D eigenvalue weighted by atomic mass is 16.1. The van der Waals surface area contributed by atoms with Crippen molar-refractivity contribution in [2.45, 2.75) is 65.3 Å². The Hall–Kier alpha value is -2.62. The van der Waals surface area contributed by atoms with Crippen LogP contribution in [0.1, 0.15) is 57.3 Å². The van der Waals surface area contributed by atoms with Gasteiger partial charge in [-0.25, -0.2) is 4.98 Å². The molecule has 0 saturated heterocycles. The molecule has 1 heterocycles. The molecule has 3 rings (SSSR count). The predicted octanol–water partition coefficient (Wildman–Crippen LogP) is 5.54. The Bertz CT molecular complexity index is 912. The largest absolute Gasteiger partial charge is 0.356 e. The van der Waals surface area contributed by atoms with E-state index >= 15 is 0 Å². The Labute approximate surface area is 180 Å². The first-order valence-electron chi connectivity index (χ1n) is 11.5. The number of hydrogen-bond donors (Lipinski definition) is 1. The molecule has 0 fully saturated rings. The summed E-state index contributed by atoms with van der Waals surface area (Å²) in [5.74, 6) is 1.55. The molecule has 2 aromatic carbocycles. The number of rotatable bonds is 12. The zero-order valence-corrected chi connectivity index (χ0v) is 18.4. The summed E-state index contributed by atoms with van der Waals surface area (Å²) in [7, 11) is 0. The van der Waals surface area contributed by atoms with Gasteiger partial charge in [-0.2, -0.15) is 0 Å². The second-order valence-corrected chi connectivity index (χ2v) is 8.02. The SMILES string of the molecule is CCC(CC)C(=O)NCCCCCc1nc2ccccc2n1CCc1ccccc1. The molecule has 4 heteroatoms. The van der Waals surface area contributed by atoms with Gasteiger partial charge in [-0.1, -0.05) is 62.7 Å². The van der Waals surface area contributed by atoms with Crippen LogP contribution in [0.25, 0.3) is 11.0 Å². The maximum absolute atomic E-state index is 12.1. The Balaban J connectivity index is 1.52. The molecule has 3 aromatic rings. The summed E-state index contributed by atoms with van der Waals surface area (Å²) in [4.78, 5) is 17.0. The number of aryl methyl sites for hydroxylation is 3. The van der Waals surface area contributed by atoms with Crippen molar-refractivity contribution in [3.63, 3.8) is 0 Å². The summed E-state index contributed by atoms with van der Waals surface area (Å²) < 4.78 is 2.39. The van der Waals surface area contributed by atoms with Crippen LogP contribution in [-0.4, -0.2) is 22.0 Å². The van der Waals surface area contributed by atoms with E-state index in [1.54, 1.807) is 0 Å². The first-order valence-corrected chi connectivity index (χ1v) is 11.5. The van der Waals surface area contributed by atoms with Crippen molar-refractivity contribution in [1.29, 1.82) is 0 Å². The fourth-order valence-electron chi connectivity index (χ4n) is 4.05. The van der Waals surface area contributed by atoms with Crippen LogP contribution in [0.5, 0.6) is 0 Å². The lowest BCUT2D eigenvalue weighted by molar-refractivity contribution is -0.125. The Kier molecular flexibility index (Phi) is 8.49. The predicted molar refractivity (Wildman–Crippen MR) is 125 cm³/mol. The van der Waals surface area contributed by atoms with Gasteiger partial charge in [0.15, 0.2) is 0 Å². The van der Waals surface area contributed by atoms with Crippen LogP contribution in [0, 0.1) is 5.92 Å². The number of carbonyl (C=O) groups excluding carboxylic acids is 1. The molecule has 1 amide bonds. The number of imidazole rings is 1. The Morgan fingerprint density at radius 2 is 1.67 bits per heavy atom. The highest BCUT2D eigenvalue weighted by Gasteiger charge is 2.13. The lowest BCUT2D eigenvalue weighted by Crippen LogP contribution is -2.30. The van der Waals surface area contributed by atoms with Gasteiger partial charge in [0.05, 0.1) is 11.0 Å². The lowest BCUT2D eigenvalue weighted by atomic mass is 10.0. The summed E-state index contributed by atoms with van der Waals surface area (Å²) in [6.45, 7) is 5.89. The zero-order valence-electron chi connectivity index (χ0n) is 18.4. The van der Waals surface area contributed by atoms with Crippen molar-refractivity contribution in [3.8, 4) is 0 Å². The molecule has 0 aliphatic rings. The first kappa shape index (κ1) is 22.1. The molecule has 1 aromatic heterocycles. The number of carbonyl (C=O) groups is 1. The van der Waals surface area contributed by atoms with Crippen molar-refractivity contribution in [3.05, 3.63) is 66.0 Å². The van der Waals surface area contributed by atoms with Crippen LogP contribution in [-0.2, 0) is 24.2 Å². The van der Waals surface area contributed by atoms with Gasteiger partial charge < -0.3 is 9.88 Å². The number of nitrogens with one attached hydrogen (secondary N) is 1. The van der Waals surface area contributed by atoms with Crippen molar-refractivity contribution < 1.29 is 4.79 Å². The molecule has 160 valence electrons. The molecule has 30 heavy (non-hydrogen) atoms. The Morgan fingerprint density at radius 1 is 0.933 bits per heavy atom. The maximum atomic E-state index is 12.1. The molecule has 0 atom stereocenters. The van der Waals surface area contributed by atoms with Gasteiger partial charge in [-0.15, -0.1) is 0 Å². The van der Waals surface area contributed by atoms with E-state index in [2.05, 4.69) is 78.3 Å². The third-order valence-electron chi connectivity index (χ3n) is 5.93. The highest BCUT2D eigenvalue weighted by Crippen LogP contribution is 2.19. The van der Waals surface area contributed by atoms with Crippen LogP contribution in [0.2, 0.25) is 0 Å². The second-order valence-electron chi connectivity index (χ2n) is 8.02. The summed E-state index contributed by atoms with van der Waals surface area (Å²) in [5.41, 5.74) is 3.66. The minimum absolute atomic E-state index is 0.162. The molecular weight excluding hydrogens is 370 g/mol. The third-order valence-corrected chi connectivity index (χ3v) is 5.93. The summed E-state index contributed by atoms with van der Waals surface area (Å²) in [6.07, 6.45) is 7.04. The number of unbranched alkanes of at least 4 members (excludes halogenated alkanes) is 2. The van der Waals surface area contributed by atoms with Crippen molar-refractivity contribution in [2.75, 3.05) is 6.54 Å². The number of nitrogens with zero attached hydrogens (tertiary/aromatic N) is 2. The molecule has 0 saturated carbocycles. The molecule has 0 aliphatic heterocycles. The topological polar surface area (TPSA) is 46.9 Å².